The van der Waals surface area contributed by atoms with Crippen molar-refractivity contribution in [1.82, 2.24) is 0 Å². The smallest absolute Gasteiger partial charge is 0.462 e. The fourth-order valence-corrected chi connectivity index (χ4v) is 11.2. The largest absolute Gasteiger partial charge is 0.472 e. The third kappa shape index (κ3) is 70.2. The van der Waals surface area contributed by atoms with Crippen molar-refractivity contribution >= 4 is 19.8 Å². The summed E-state index contributed by atoms with van der Waals surface area (Å²) in [6.45, 7) is 3.67. The van der Waals surface area contributed by atoms with E-state index in [4.69, 9.17) is 24.3 Å². The fourth-order valence-electron chi connectivity index (χ4n) is 10.5. The predicted molar refractivity (Wildman–Crippen MR) is 367 cm³/mol. The van der Waals surface area contributed by atoms with Gasteiger partial charge >= 0.3 is 19.8 Å². The molecule has 10 heteroatoms. The lowest BCUT2D eigenvalue weighted by molar-refractivity contribution is -0.161. The van der Waals surface area contributed by atoms with Crippen molar-refractivity contribution in [3.63, 3.8) is 0 Å². The van der Waals surface area contributed by atoms with Gasteiger partial charge in [-0.3, -0.25) is 18.6 Å². The van der Waals surface area contributed by atoms with Gasteiger partial charge in [-0.15, -0.1) is 0 Å². The van der Waals surface area contributed by atoms with E-state index >= 15 is 0 Å². The molecule has 0 aromatic rings. The zero-order valence-corrected chi connectivity index (χ0v) is 56.5. The van der Waals surface area contributed by atoms with Crippen LogP contribution in [-0.2, 0) is 32.7 Å². The average Bonchev–Trinajstić information content (AvgIpc) is 3.52. The lowest BCUT2D eigenvalue weighted by Crippen LogP contribution is -2.29. The van der Waals surface area contributed by atoms with Gasteiger partial charge in [0.15, 0.2) is 6.10 Å². The first kappa shape index (κ1) is 82.2. The molecule has 0 fully saturated rings. The normalized spacial score (nSPS) is 13.4. The van der Waals surface area contributed by atoms with Crippen LogP contribution in [0.3, 0.4) is 0 Å². The molecule has 0 spiro atoms. The summed E-state index contributed by atoms with van der Waals surface area (Å²) < 4.78 is 33.2. The molecule has 0 bridgehead atoms. The number of nitrogens with two attached hydrogens (primary N) is 1. The van der Waals surface area contributed by atoms with Crippen LogP contribution in [-0.4, -0.2) is 49.3 Å². The van der Waals surface area contributed by atoms with Gasteiger partial charge in [0.25, 0.3) is 0 Å². The zero-order valence-electron chi connectivity index (χ0n) is 55.6. The summed E-state index contributed by atoms with van der Waals surface area (Å²) in [7, 11) is -4.39. The Morgan fingerprint density at radius 2 is 0.647 bits per heavy atom. The Morgan fingerprint density at radius 1 is 0.365 bits per heavy atom. The highest BCUT2D eigenvalue weighted by atomic mass is 31.2. The van der Waals surface area contributed by atoms with E-state index in [-0.39, 0.29) is 38.6 Å². The second-order valence-corrected chi connectivity index (χ2v) is 25.5. The lowest BCUT2D eigenvalue weighted by atomic mass is 10.0. The van der Waals surface area contributed by atoms with Gasteiger partial charge in [-0.25, -0.2) is 4.57 Å². The molecule has 0 saturated heterocycles. The summed E-state index contributed by atoms with van der Waals surface area (Å²) in [4.78, 5) is 35.4. The molecular formula is C75H136NO8P. The number of rotatable bonds is 68. The van der Waals surface area contributed by atoms with Crippen LogP contribution in [0.2, 0.25) is 0 Å². The maximum Gasteiger partial charge on any atom is 0.472 e. The number of phosphoric ester groups is 1. The van der Waals surface area contributed by atoms with Crippen LogP contribution in [0.15, 0.2) is 85.1 Å². The van der Waals surface area contributed by atoms with E-state index in [0.717, 1.165) is 70.6 Å². The zero-order chi connectivity index (χ0) is 61.6. The average molecular weight is 1210 g/mol. The summed E-state index contributed by atoms with van der Waals surface area (Å²) in [6.07, 6.45) is 94.0. The Labute approximate surface area is 525 Å². The molecule has 494 valence electrons. The third-order valence-corrected chi connectivity index (χ3v) is 16.7. The van der Waals surface area contributed by atoms with Crippen LogP contribution in [0.25, 0.3) is 0 Å². The quantitative estimate of drug-likeness (QED) is 0.0264. The number of hydrogen-bond acceptors (Lipinski definition) is 8. The van der Waals surface area contributed by atoms with Crippen molar-refractivity contribution in [3.05, 3.63) is 85.1 Å². The molecule has 9 nitrogen and oxygen atoms in total. The highest BCUT2D eigenvalue weighted by Gasteiger charge is 2.26. The fraction of sp³-hybridized carbons (Fsp3) is 0.787. The van der Waals surface area contributed by atoms with Gasteiger partial charge in [0, 0.05) is 19.4 Å². The summed E-state index contributed by atoms with van der Waals surface area (Å²) in [6, 6.07) is 0. The number of allylic oxidation sites excluding steroid dienone is 14. The standard InChI is InChI=1S/C75H136NO8P/c1-3-5-7-9-11-13-15-17-19-21-23-25-27-29-31-32-33-34-35-36-37-38-39-40-42-44-46-48-50-52-54-56-58-60-62-64-66-68-75(78)84-73(72-83-85(79,80)82-70-69-76)71-81-74(77)67-65-63-61-59-57-55-53-51-49-47-45-43-41-30-28-26-24-22-20-18-16-14-12-10-8-6-4-2/h5,7,11,13,16-19,22-25,29,31,73H,3-4,6,8-10,12,14-15,20-21,26-28,30,32-72,76H2,1-2H3,(H,79,80)/b7-5-,13-11-,18-16-,19-17-,24-22-,25-23-,31-29-. The van der Waals surface area contributed by atoms with Crippen molar-refractivity contribution in [2.75, 3.05) is 26.4 Å². The molecule has 2 unspecified atom stereocenters. The van der Waals surface area contributed by atoms with E-state index in [9.17, 15) is 19.0 Å². The van der Waals surface area contributed by atoms with Crippen LogP contribution < -0.4 is 5.73 Å². The van der Waals surface area contributed by atoms with Crippen LogP contribution in [0.5, 0.6) is 0 Å². The molecule has 0 saturated carbocycles. The van der Waals surface area contributed by atoms with E-state index in [2.05, 4.69) is 98.9 Å². The molecule has 0 amide bonds. The summed E-state index contributed by atoms with van der Waals surface area (Å²) >= 11 is 0. The van der Waals surface area contributed by atoms with Gasteiger partial charge in [-0.05, 0) is 89.9 Å². The first-order valence-electron chi connectivity index (χ1n) is 36.1. The monoisotopic (exact) mass is 1210 g/mol. The van der Waals surface area contributed by atoms with Gasteiger partial charge in [0.2, 0.25) is 0 Å². The van der Waals surface area contributed by atoms with Crippen molar-refractivity contribution in [3.8, 4) is 0 Å². The SMILES string of the molecule is CC/C=C\C/C=C\C/C=C\C/C=C\C/C=C\CCCCCCCCCCCCCCCCCCCCCCCC(=O)OC(COC(=O)CCCCCCCCCCCCCCCCC/C=C\C/C=C\CCCCCCC)COP(=O)(O)OCCN. The van der Waals surface area contributed by atoms with Crippen LogP contribution >= 0.6 is 7.82 Å². The number of carbonyl (C=O) groups is 2. The molecule has 0 rings (SSSR count). The molecule has 0 aliphatic rings. The highest BCUT2D eigenvalue weighted by molar-refractivity contribution is 7.47. The van der Waals surface area contributed by atoms with Crippen molar-refractivity contribution in [2.24, 2.45) is 5.73 Å². The van der Waals surface area contributed by atoms with Crippen LogP contribution in [0.4, 0.5) is 0 Å². The molecule has 0 heterocycles. The minimum atomic E-state index is -4.39. The second kappa shape index (κ2) is 70.3. The molecule has 0 radical (unpaired) electrons. The van der Waals surface area contributed by atoms with E-state index in [1.54, 1.807) is 0 Å². The molecule has 0 aromatic heterocycles. The Morgan fingerprint density at radius 3 is 0.965 bits per heavy atom. The van der Waals surface area contributed by atoms with Gasteiger partial charge in [-0.1, -0.05) is 330 Å². The molecule has 0 aromatic carbocycles. The Bertz CT molecular complexity index is 1670. The Hall–Kier alpha value is -2.81. The van der Waals surface area contributed by atoms with Crippen LogP contribution in [0, 0.1) is 0 Å². The number of esters is 2. The number of unbranched alkanes of at least 4 members (excludes halogenated alkanes) is 41. The van der Waals surface area contributed by atoms with E-state index in [1.807, 2.05) is 0 Å². The Balaban J connectivity index is 3.82. The van der Waals surface area contributed by atoms with Gasteiger partial charge in [-0.2, -0.15) is 0 Å². The summed E-state index contributed by atoms with van der Waals surface area (Å²) in [5, 5.41) is 0. The summed E-state index contributed by atoms with van der Waals surface area (Å²) in [5.74, 6) is -0.812. The van der Waals surface area contributed by atoms with Crippen molar-refractivity contribution in [2.45, 2.75) is 354 Å². The van der Waals surface area contributed by atoms with Crippen LogP contribution in [0.1, 0.15) is 348 Å². The van der Waals surface area contributed by atoms with Crippen molar-refractivity contribution < 1.29 is 37.6 Å². The topological polar surface area (TPSA) is 134 Å². The number of ether oxygens (including phenoxy) is 2. The third-order valence-electron chi connectivity index (χ3n) is 15.8. The molecule has 2 atom stereocenters. The predicted octanol–water partition coefficient (Wildman–Crippen LogP) is 23.8. The number of carbonyl (C=O) groups excluding carboxylic acids is 2. The second-order valence-electron chi connectivity index (χ2n) is 24.1. The van der Waals surface area contributed by atoms with E-state index < -0.39 is 26.5 Å². The van der Waals surface area contributed by atoms with Gasteiger partial charge in [0.1, 0.15) is 6.61 Å². The summed E-state index contributed by atoms with van der Waals surface area (Å²) in [5.41, 5.74) is 5.41. The molecule has 0 aliphatic carbocycles. The number of hydrogen-bond donors (Lipinski definition) is 2. The minimum Gasteiger partial charge on any atom is -0.462 e. The molecule has 0 aliphatic heterocycles. The van der Waals surface area contributed by atoms with Gasteiger partial charge < -0.3 is 20.1 Å². The van der Waals surface area contributed by atoms with Crippen molar-refractivity contribution in [1.29, 1.82) is 0 Å². The maximum atomic E-state index is 12.8. The molecular weight excluding hydrogens is 1070 g/mol. The lowest BCUT2D eigenvalue weighted by Gasteiger charge is -2.19. The minimum absolute atomic E-state index is 0.0534. The first-order chi connectivity index (χ1) is 41.8. The number of phosphoric acid groups is 1. The molecule has 85 heavy (non-hydrogen) atoms. The van der Waals surface area contributed by atoms with E-state index in [0.29, 0.717) is 6.42 Å². The molecule has 3 N–H and O–H groups in total. The first-order valence-corrected chi connectivity index (χ1v) is 37.6. The maximum absolute atomic E-state index is 12.8. The van der Waals surface area contributed by atoms with E-state index in [1.165, 1.54) is 244 Å². The Kier molecular flexibility index (Phi) is 68.0. The van der Waals surface area contributed by atoms with Gasteiger partial charge in [0.05, 0.1) is 13.2 Å². The highest BCUT2D eigenvalue weighted by Crippen LogP contribution is 2.43.